The van der Waals surface area contributed by atoms with Gasteiger partial charge in [-0.3, -0.25) is 4.90 Å². The Kier molecular flexibility index (Phi) is 5.25. The molecule has 1 fully saturated rings. The van der Waals surface area contributed by atoms with Gasteiger partial charge in [0.25, 0.3) is 0 Å². The summed E-state index contributed by atoms with van der Waals surface area (Å²) in [7, 11) is 2.02. The number of aromatic nitrogens is 1. The molecule has 1 aliphatic heterocycles. The molecule has 18 heavy (non-hydrogen) atoms. The van der Waals surface area contributed by atoms with Crippen molar-refractivity contribution in [3.05, 3.63) is 28.0 Å². The van der Waals surface area contributed by atoms with Gasteiger partial charge in [-0.2, -0.15) is 0 Å². The highest BCUT2D eigenvalue weighted by Crippen LogP contribution is 2.23. The van der Waals surface area contributed by atoms with E-state index in [0.717, 1.165) is 37.7 Å². The Morgan fingerprint density at radius 3 is 2.72 bits per heavy atom. The second kappa shape index (κ2) is 6.71. The van der Waals surface area contributed by atoms with E-state index in [1.165, 1.54) is 12.8 Å². The molecule has 2 heterocycles. The topological polar surface area (TPSA) is 28.2 Å². The van der Waals surface area contributed by atoms with E-state index in [1.807, 2.05) is 7.05 Å². The van der Waals surface area contributed by atoms with Crippen LogP contribution in [0.5, 0.6) is 0 Å². The fourth-order valence-corrected chi connectivity index (χ4v) is 2.86. The Balaban J connectivity index is 1.87. The lowest BCUT2D eigenvalue weighted by Crippen LogP contribution is -2.36. The molecular formula is C13H19Cl2N3. The van der Waals surface area contributed by atoms with Crippen molar-refractivity contribution in [1.29, 1.82) is 0 Å². The lowest BCUT2D eigenvalue weighted by atomic mass is 9.96. The summed E-state index contributed by atoms with van der Waals surface area (Å²) in [6, 6.07) is 1.71. The minimum absolute atomic E-state index is 0.455. The first kappa shape index (κ1) is 14.1. The molecule has 0 spiro atoms. The quantitative estimate of drug-likeness (QED) is 0.864. The molecule has 0 bridgehead atoms. The van der Waals surface area contributed by atoms with Gasteiger partial charge in [0.15, 0.2) is 0 Å². The molecular weight excluding hydrogens is 269 g/mol. The number of rotatable bonds is 4. The predicted molar refractivity (Wildman–Crippen MR) is 76.2 cm³/mol. The summed E-state index contributed by atoms with van der Waals surface area (Å²) in [6.45, 7) is 4.25. The van der Waals surface area contributed by atoms with Gasteiger partial charge < -0.3 is 5.32 Å². The third-order valence-corrected chi connectivity index (χ3v) is 4.05. The van der Waals surface area contributed by atoms with Gasteiger partial charge >= 0.3 is 0 Å². The van der Waals surface area contributed by atoms with Crippen LogP contribution < -0.4 is 5.32 Å². The van der Waals surface area contributed by atoms with Gasteiger partial charge in [-0.1, -0.05) is 23.2 Å². The van der Waals surface area contributed by atoms with Crippen LogP contribution in [-0.2, 0) is 6.54 Å². The molecule has 0 atom stereocenters. The van der Waals surface area contributed by atoms with E-state index in [1.54, 1.807) is 12.3 Å². The smallest absolute Gasteiger partial charge is 0.130 e. The fourth-order valence-electron chi connectivity index (χ4n) is 2.43. The Bertz CT molecular complexity index is 390. The first-order valence-electron chi connectivity index (χ1n) is 6.36. The standard InChI is InChI=1S/C13H19Cl2N3/c1-16-7-10-2-4-18(5-3-10)9-11-8-17-13(15)6-12(11)14/h6,8,10,16H,2-5,7,9H2,1H3. The number of hydrogen-bond donors (Lipinski definition) is 1. The minimum atomic E-state index is 0.455. The highest BCUT2D eigenvalue weighted by molar-refractivity contribution is 6.34. The SMILES string of the molecule is CNCC1CCN(Cc2cnc(Cl)cc2Cl)CC1. The van der Waals surface area contributed by atoms with Crippen molar-refractivity contribution in [3.8, 4) is 0 Å². The summed E-state index contributed by atoms with van der Waals surface area (Å²) in [6.07, 6.45) is 4.28. The third kappa shape index (κ3) is 3.82. The largest absolute Gasteiger partial charge is 0.319 e. The monoisotopic (exact) mass is 287 g/mol. The van der Waals surface area contributed by atoms with Crippen LogP contribution in [0.1, 0.15) is 18.4 Å². The van der Waals surface area contributed by atoms with Gasteiger partial charge in [-0.25, -0.2) is 4.98 Å². The van der Waals surface area contributed by atoms with Crippen LogP contribution in [0.25, 0.3) is 0 Å². The zero-order valence-corrected chi connectivity index (χ0v) is 12.1. The third-order valence-electron chi connectivity index (χ3n) is 3.49. The molecule has 1 aromatic rings. The van der Waals surface area contributed by atoms with Crippen LogP contribution in [0.2, 0.25) is 10.2 Å². The Hall–Kier alpha value is -0.350. The lowest BCUT2D eigenvalue weighted by Gasteiger charge is -2.31. The van der Waals surface area contributed by atoms with Crippen LogP contribution in [0.15, 0.2) is 12.3 Å². The number of halogens is 2. The van der Waals surface area contributed by atoms with Gasteiger partial charge in [-0.15, -0.1) is 0 Å². The maximum absolute atomic E-state index is 6.17. The minimum Gasteiger partial charge on any atom is -0.319 e. The zero-order chi connectivity index (χ0) is 13.0. The molecule has 1 aliphatic rings. The van der Waals surface area contributed by atoms with Crippen LogP contribution in [0, 0.1) is 5.92 Å². The number of nitrogens with zero attached hydrogens (tertiary/aromatic N) is 2. The average molecular weight is 288 g/mol. The van der Waals surface area contributed by atoms with Gasteiger partial charge in [0.1, 0.15) is 5.15 Å². The van der Waals surface area contributed by atoms with Crippen molar-refractivity contribution in [2.24, 2.45) is 5.92 Å². The highest BCUT2D eigenvalue weighted by Gasteiger charge is 2.19. The van der Waals surface area contributed by atoms with Gasteiger partial charge in [0, 0.05) is 23.3 Å². The van der Waals surface area contributed by atoms with E-state index >= 15 is 0 Å². The first-order valence-corrected chi connectivity index (χ1v) is 7.11. The Labute approximate surface area is 118 Å². The number of piperidine rings is 1. The van der Waals surface area contributed by atoms with Gasteiger partial charge in [0.05, 0.1) is 0 Å². The number of likely N-dealkylation sites (tertiary alicyclic amines) is 1. The van der Waals surface area contributed by atoms with E-state index in [2.05, 4.69) is 15.2 Å². The highest BCUT2D eigenvalue weighted by atomic mass is 35.5. The van der Waals surface area contributed by atoms with E-state index in [4.69, 9.17) is 23.2 Å². The van der Waals surface area contributed by atoms with Crippen LogP contribution in [0.3, 0.4) is 0 Å². The predicted octanol–water partition coefficient (Wildman–Crippen LogP) is 2.82. The maximum atomic E-state index is 6.17. The number of pyridine rings is 1. The molecule has 3 nitrogen and oxygen atoms in total. The number of nitrogens with one attached hydrogen (secondary N) is 1. The lowest BCUT2D eigenvalue weighted by molar-refractivity contribution is 0.176. The van der Waals surface area contributed by atoms with Crippen molar-refractivity contribution in [2.75, 3.05) is 26.7 Å². The van der Waals surface area contributed by atoms with E-state index in [9.17, 15) is 0 Å². The second-order valence-electron chi connectivity index (χ2n) is 4.88. The summed E-state index contributed by atoms with van der Waals surface area (Å²) in [5.41, 5.74) is 1.06. The molecule has 100 valence electrons. The van der Waals surface area contributed by atoms with Crippen molar-refractivity contribution < 1.29 is 0 Å². The van der Waals surface area contributed by atoms with E-state index in [-0.39, 0.29) is 0 Å². The molecule has 0 aliphatic carbocycles. The molecule has 0 amide bonds. The first-order chi connectivity index (χ1) is 8.69. The zero-order valence-electron chi connectivity index (χ0n) is 10.6. The summed E-state index contributed by atoms with van der Waals surface area (Å²) in [4.78, 5) is 6.53. The van der Waals surface area contributed by atoms with Crippen molar-refractivity contribution in [2.45, 2.75) is 19.4 Å². The molecule has 0 aromatic carbocycles. The summed E-state index contributed by atoms with van der Waals surface area (Å²) in [5.74, 6) is 0.810. The number of hydrogen-bond acceptors (Lipinski definition) is 3. The van der Waals surface area contributed by atoms with Crippen LogP contribution >= 0.6 is 23.2 Å². The van der Waals surface area contributed by atoms with Crippen molar-refractivity contribution in [1.82, 2.24) is 15.2 Å². The molecule has 1 saturated heterocycles. The van der Waals surface area contributed by atoms with Crippen molar-refractivity contribution in [3.63, 3.8) is 0 Å². The van der Waals surface area contributed by atoms with Crippen molar-refractivity contribution >= 4 is 23.2 Å². The van der Waals surface area contributed by atoms with E-state index in [0.29, 0.717) is 10.2 Å². The van der Waals surface area contributed by atoms with E-state index < -0.39 is 0 Å². The Morgan fingerprint density at radius 2 is 2.11 bits per heavy atom. The van der Waals surface area contributed by atoms with Crippen LogP contribution in [-0.4, -0.2) is 36.6 Å². The molecule has 0 saturated carbocycles. The maximum Gasteiger partial charge on any atom is 0.130 e. The van der Waals surface area contributed by atoms with Gasteiger partial charge in [0.2, 0.25) is 0 Å². The average Bonchev–Trinajstić information content (AvgIpc) is 2.35. The molecule has 5 heteroatoms. The molecule has 0 unspecified atom stereocenters. The Morgan fingerprint density at radius 1 is 1.39 bits per heavy atom. The molecule has 1 aromatic heterocycles. The molecule has 0 radical (unpaired) electrons. The van der Waals surface area contributed by atoms with Crippen LogP contribution in [0.4, 0.5) is 0 Å². The molecule has 1 N–H and O–H groups in total. The van der Waals surface area contributed by atoms with Gasteiger partial charge in [-0.05, 0) is 51.5 Å². The fraction of sp³-hybridized carbons (Fsp3) is 0.615. The summed E-state index contributed by atoms with van der Waals surface area (Å²) in [5, 5.41) is 4.42. The normalized spacial score (nSPS) is 18.2. The second-order valence-corrected chi connectivity index (χ2v) is 5.67. The summed E-state index contributed by atoms with van der Waals surface area (Å²) < 4.78 is 0. The molecule has 2 rings (SSSR count). The summed E-state index contributed by atoms with van der Waals surface area (Å²) >= 11 is 12.0.